The molecule has 0 aliphatic heterocycles. The quantitative estimate of drug-likeness (QED) is 0.463. The van der Waals surface area contributed by atoms with Crippen LogP contribution in [0.25, 0.3) is 16.5 Å². The van der Waals surface area contributed by atoms with Gasteiger partial charge in [0.05, 0.1) is 0 Å². The molecule has 0 unspecified atom stereocenters. The van der Waals surface area contributed by atoms with Crippen LogP contribution < -0.4 is 0 Å². The zero-order valence-electron chi connectivity index (χ0n) is 9.28. The average Bonchev–Trinajstić information content (AvgIpc) is 2.33. The van der Waals surface area contributed by atoms with Crippen molar-refractivity contribution in [2.24, 2.45) is 5.11 Å². The number of carboxylic acid groups (broad SMARTS) is 1. The number of hydrogen-bond donors (Lipinski definition) is 1. The van der Waals surface area contributed by atoms with E-state index in [-0.39, 0.29) is 6.42 Å². The third kappa shape index (κ3) is 4.86. The lowest BCUT2D eigenvalue weighted by atomic mass is 10.0. The zero-order valence-corrected chi connectivity index (χ0v) is 9.28. The van der Waals surface area contributed by atoms with Crippen LogP contribution in [0.5, 0.6) is 0 Å². The van der Waals surface area contributed by atoms with E-state index >= 15 is 0 Å². The van der Waals surface area contributed by atoms with Crippen molar-refractivity contribution in [3.8, 4) is 0 Å². The number of carboxylic acids is 1. The molecule has 0 spiro atoms. The first-order valence-corrected chi connectivity index (χ1v) is 5.21. The van der Waals surface area contributed by atoms with E-state index < -0.39 is 5.97 Å². The molecule has 0 aliphatic rings. The van der Waals surface area contributed by atoms with Crippen LogP contribution in [0.4, 0.5) is 0 Å². The van der Waals surface area contributed by atoms with Gasteiger partial charge in [-0.3, -0.25) is 4.79 Å². The van der Waals surface area contributed by atoms with Gasteiger partial charge >= 0.3 is 5.97 Å². The van der Waals surface area contributed by atoms with Gasteiger partial charge in [-0.2, -0.15) is 0 Å². The molecular formula is C12H13N3O2. The molecule has 0 radical (unpaired) electrons. The lowest BCUT2D eigenvalue weighted by molar-refractivity contribution is -0.136. The average molecular weight is 231 g/mol. The maximum Gasteiger partial charge on any atom is 0.303 e. The van der Waals surface area contributed by atoms with Gasteiger partial charge < -0.3 is 5.11 Å². The molecule has 1 aromatic rings. The third-order valence-electron chi connectivity index (χ3n) is 2.21. The fraction of sp³-hybridized carbons (Fsp3) is 0.250. The van der Waals surface area contributed by atoms with Crippen LogP contribution in [0, 0.1) is 0 Å². The highest BCUT2D eigenvalue weighted by atomic mass is 16.4. The van der Waals surface area contributed by atoms with E-state index in [1.54, 1.807) is 6.08 Å². The van der Waals surface area contributed by atoms with Crippen molar-refractivity contribution < 1.29 is 9.90 Å². The number of benzene rings is 1. The van der Waals surface area contributed by atoms with Crippen LogP contribution in [0.1, 0.15) is 17.5 Å². The topological polar surface area (TPSA) is 86.1 Å². The Kier molecular flexibility index (Phi) is 5.34. The van der Waals surface area contributed by atoms with Gasteiger partial charge in [0.1, 0.15) is 0 Å². The highest BCUT2D eigenvalue weighted by Gasteiger charge is 2.01. The molecule has 5 nitrogen and oxygen atoms in total. The van der Waals surface area contributed by atoms with Crippen LogP contribution in [-0.4, -0.2) is 17.6 Å². The van der Waals surface area contributed by atoms with Gasteiger partial charge in [0.15, 0.2) is 0 Å². The van der Waals surface area contributed by atoms with Crippen molar-refractivity contribution >= 4 is 12.0 Å². The summed E-state index contributed by atoms with van der Waals surface area (Å²) >= 11 is 0. The monoisotopic (exact) mass is 231 g/mol. The smallest absolute Gasteiger partial charge is 0.303 e. The molecule has 5 heteroatoms. The predicted molar refractivity (Wildman–Crippen MR) is 65.4 cm³/mol. The first-order chi connectivity index (χ1) is 8.24. The number of azide groups is 1. The van der Waals surface area contributed by atoms with Crippen LogP contribution >= 0.6 is 0 Å². The molecule has 0 bridgehead atoms. The van der Waals surface area contributed by atoms with E-state index in [1.165, 1.54) is 0 Å². The first kappa shape index (κ1) is 12.8. The van der Waals surface area contributed by atoms with Crippen molar-refractivity contribution in [3.05, 3.63) is 51.9 Å². The Labute approximate surface area is 99.0 Å². The maximum atomic E-state index is 10.5. The molecule has 17 heavy (non-hydrogen) atoms. The van der Waals surface area contributed by atoms with E-state index in [2.05, 4.69) is 10.0 Å². The summed E-state index contributed by atoms with van der Waals surface area (Å²) in [4.78, 5) is 13.2. The maximum absolute atomic E-state index is 10.5. The van der Waals surface area contributed by atoms with Gasteiger partial charge in [0.2, 0.25) is 0 Å². The SMILES string of the molecule is [N-]=[N+]=NCC=Cc1ccccc1CCC(=O)O. The molecule has 0 heterocycles. The zero-order chi connectivity index (χ0) is 12.5. The van der Waals surface area contributed by atoms with Gasteiger partial charge in [0, 0.05) is 17.9 Å². The van der Waals surface area contributed by atoms with E-state index in [0.29, 0.717) is 13.0 Å². The number of nitrogens with zero attached hydrogens (tertiary/aromatic N) is 3. The normalized spacial score (nSPS) is 10.1. The summed E-state index contributed by atoms with van der Waals surface area (Å²) < 4.78 is 0. The molecule has 0 amide bonds. The molecule has 1 N–H and O–H groups in total. The lowest BCUT2D eigenvalue weighted by Crippen LogP contribution is -1.98. The number of hydrogen-bond acceptors (Lipinski definition) is 2. The lowest BCUT2D eigenvalue weighted by Gasteiger charge is -2.03. The summed E-state index contributed by atoms with van der Waals surface area (Å²) in [5, 5.41) is 12.0. The Morgan fingerprint density at radius 3 is 2.94 bits per heavy atom. The summed E-state index contributed by atoms with van der Waals surface area (Å²) in [5.74, 6) is -0.808. The highest BCUT2D eigenvalue weighted by Crippen LogP contribution is 2.12. The summed E-state index contributed by atoms with van der Waals surface area (Å²) in [5.41, 5.74) is 10.1. The Hall–Kier alpha value is -2.26. The Balaban J connectivity index is 2.73. The molecule has 0 atom stereocenters. The molecule has 0 fully saturated rings. The van der Waals surface area contributed by atoms with Gasteiger partial charge in [0.25, 0.3) is 0 Å². The van der Waals surface area contributed by atoms with Gasteiger partial charge in [-0.25, -0.2) is 0 Å². The van der Waals surface area contributed by atoms with E-state index in [9.17, 15) is 4.79 Å². The van der Waals surface area contributed by atoms with E-state index in [1.807, 2.05) is 30.3 Å². The fourth-order valence-electron chi connectivity index (χ4n) is 1.43. The van der Waals surface area contributed by atoms with E-state index in [0.717, 1.165) is 11.1 Å². The molecule has 1 rings (SSSR count). The van der Waals surface area contributed by atoms with Crippen LogP contribution in [0.3, 0.4) is 0 Å². The molecular weight excluding hydrogens is 218 g/mol. The van der Waals surface area contributed by atoms with Gasteiger partial charge in [-0.15, -0.1) is 0 Å². The van der Waals surface area contributed by atoms with Crippen LogP contribution in [0.15, 0.2) is 35.5 Å². The second-order valence-corrected chi connectivity index (χ2v) is 3.41. The standard InChI is InChI=1S/C12H13N3O2/c13-15-14-9-3-6-10-4-1-2-5-11(10)7-8-12(16)17/h1-6H,7-9H2,(H,16,17). The molecule has 1 aromatic carbocycles. The highest BCUT2D eigenvalue weighted by molar-refractivity contribution is 5.67. The van der Waals surface area contributed by atoms with Crippen LogP contribution in [0.2, 0.25) is 0 Å². The minimum absolute atomic E-state index is 0.112. The minimum Gasteiger partial charge on any atom is -0.481 e. The van der Waals surface area contributed by atoms with Gasteiger partial charge in [-0.1, -0.05) is 41.5 Å². The summed E-state index contributed by atoms with van der Waals surface area (Å²) in [6.07, 6.45) is 4.20. The molecule has 88 valence electrons. The molecule has 0 saturated heterocycles. The summed E-state index contributed by atoms with van der Waals surface area (Å²) in [6, 6.07) is 7.57. The number of rotatable bonds is 6. The Bertz CT molecular complexity index is 463. The minimum atomic E-state index is -0.808. The Morgan fingerprint density at radius 2 is 2.24 bits per heavy atom. The van der Waals surface area contributed by atoms with E-state index in [4.69, 9.17) is 10.6 Å². The van der Waals surface area contributed by atoms with Gasteiger partial charge in [-0.05, 0) is 23.1 Å². The fourth-order valence-corrected chi connectivity index (χ4v) is 1.43. The molecule has 0 aromatic heterocycles. The largest absolute Gasteiger partial charge is 0.481 e. The molecule has 0 aliphatic carbocycles. The number of aliphatic carboxylic acids is 1. The van der Waals surface area contributed by atoms with Crippen molar-refractivity contribution in [3.63, 3.8) is 0 Å². The van der Waals surface area contributed by atoms with Crippen molar-refractivity contribution in [2.45, 2.75) is 12.8 Å². The Morgan fingerprint density at radius 1 is 1.47 bits per heavy atom. The second kappa shape index (κ2) is 7.09. The van der Waals surface area contributed by atoms with Crippen LogP contribution in [-0.2, 0) is 11.2 Å². The third-order valence-corrected chi connectivity index (χ3v) is 2.21. The summed E-state index contributed by atoms with van der Waals surface area (Å²) in [6.45, 7) is 0.295. The number of aryl methyl sites for hydroxylation is 1. The predicted octanol–water partition coefficient (Wildman–Crippen LogP) is 3.03. The van der Waals surface area contributed by atoms with Crippen molar-refractivity contribution in [2.75, 3.05) is 6.54 Å². The first-order valence-electron chi connectivity index (χ1n) is 5.21. The summed E-state index contributed by atoms with van der Waals surface area (Å²) in [7, 11) is 0. The van der Waals surface area contributed by atoms with Crippen molar-refractivity contribution in [1.29, 1.82) is 0 Å². The second-order valence-electron chi connectivity index (χ2n) is 3.41. The number of carbonyl (C=O) groups is 1. The van der Waals surface area contributed by atoms with Crippen molar-refractivity contribution in [1.82, 2.24) is 0 Å². The molecule has 0 saturated carbocycles.